The molecule has 3 heterocycles. The molecule has 38 heavy (non-hydrogen) atoms. The molecular weight excluding hydrogens is 496 g/mol. The van der Waals surface area contributed by atoms with Gasteiger partial charge in [0.15, 0.2) is 17.8 Å². The summed E-state index contributed by atoms with van der Waals surface area (Å²) in [5.41, 5.74) is 0.773. The molecule has 3 atom stereocenters. The Balaban J connectivity index is 1.60. The maximum atomic E-state index is 13.4. The van der Waals surface area contributed by atoms with Crippen LogP contribution in [-0.4, -0.2) is 104 Å². The van der Waals surface area contributed by atoms with E-state index in [1.807, 2.05) is 17.0 Å². The van der Waals surface area contributed by atoms with E-state index >= 15 is 0 Å². The van der Waals surface area contributed by atoms with E-state index in [0.29, 0.717) is 69.4 Å². The minimum atomic E-state index is -0.914. The van der Waals surface area contributed by atoms with Gasteiger partial charge in [0.2, 0.25) is 18.4 Å². The first-order chi connectivity index (χ1) is 18.5. The first kappa shape index (κ1) is 28.4. The third kappa shape index (κ3) is 6.51. The van der Waals surface area contributed by atoms with Crippen molar-refractivity contribution in [1.29, 1.82) is 0 Å². The number of carboxylic acids is 1. The average Bonchev–Trinajstić information content (AvgIpc) is 3.67. The number of aliphatic carboxylic acids is 1. The van der Waals surface area contributed by atoms with Gasteiger partial charge in [0, 0.05) is 38.2 Å². The van der Waals surface area contributed by atoms with Crippen LogP contribution in [0.1, 0.15) is 50.5 Å². The quantitative estimate of drug-likeness (QED) is 0.365. The van der Waals surface area contributed by atoms with Gasteiger partial charge in [-0.1, -0.05) is 13.3 Å². The molecule has 3 aliphatic rings. The van der Waals surface area contributed by atoms with Gasteiger partial charge in [-0.3, -0.25) is 14.5 Å². The van der Waals surface area contributed by atoms with Crippen LogP contribution in [0.5, 0.6) is 17.2 Å². The number of ether oxygens (including phenoxy) is 5. The number of carbonyl (C=O) groups is 2. The van der Waals surface area contributed by atoms with Crippen molar-refractivity contribution in [3.63, 3.8) is 0 Å². The predicted octanol–water partition coefficient (Wildman–Crippen LogP) is 2.06. The molecule has 0 bridgehead atoms. The molecule has 2 fully saturated rings. The molecule has 212 valence electrons. The lowest BCUT2D eigenvalue weighted by Gasteiger charge is -2.30. The molecule has 0 saturated carbocycles. The van der Waals surface area contributed by atoms with Crippen molar-refractivity contribution in [1.82, 2.24) is 9.80 Å². The number of unbranched alkanes of at least 4 members (excludes halogenated alkanes) is 1. The normalized spacial score (nSPS) is 23.2. The van der Waals surface area contributed by atoms with Crippen LogP contribution < -0.4 is 14.2 Å². The summed E-state index contributed by atoms with van der Waals surface area (Å²) in [6.07, 6.45) is 3.02. The number of methoxy groups -OCH3 is 1. The fourth-order valence-electron chi connectivity index (χ4n) is 5.68. The van der Waals surface area contributed by atoms with Gasteiger partial charge < -0.3 is 38.8 Å². The van der Waals surface area contributed by atoms with Crippen molar-refractivity contribution in [2.45, 2.75) is 57.3 Å². The molecule has 3 aliphatic heterocycles. The number of carbonyl (C=O) groups excluding carboxylic acids is 1. The Morgan fingerprint density at radius 1 is 1.13 bits per heavy atom. The number of likely N-dealkylation sites (tertiary alicyclic amines) is 1. The Labute approximate surface area is 223 Å². The van der Waals surface area contributed by atoms with Crippen LogP contribution in [0.25, 0.3) is 0 Å². The zero-order valence-corrected chi connectivity index (χ0v) is 22.3. The molecule has 11 heteroatoms. The first-order valence-electron chi connectivity index (χ1n) is 13.5. The summed E-state index contributed by atoms with van der Waals surface area (Å²) >= 11 is 0. The molecule has 4 rings (SSSR count). The van der Waals surface area contributed by atoms with Crippen LogP contribution in [0.15, 0.2) is 12.1 Å². The van der Waals surface area contributed by atoms with Crippen molar-refractivity contribution in [2.24, 2.45) is 5.92 Å². The molecule has 0 unspecified atom stereocenters. The second kappa shape index (κ2) is 13.5. The average molecular weight is 537 g/mol. The van der Waals surface area contributed by atoms with E-state index in [1.165, 1.54) is 7.11 Å². The van der Waals surface area contributed by atoms with Gasteiger partial charge in [-0.2, -0.15) is 0 Å². The second-order valence-corrected chi connectivity index (χ2v) is 9.98. The van der Waals surface area contributed by atoms with Gasteiger partial charge in [0.1, 0.15) is 0 Å². The molecule has 11 nitrogen and oxygen atoms in total. The summed E-state index contributed by atoms with van der Waals surface area (Å²) in [5, 5.41) is 19.7. The van der Waals surface area contributed by atoms with Crippen molar-refractivity contribution < 1.29 is 43.5 Å². The van der Waals surface area contributed by atoms with Gasteiger partial charge in [0.05, 0.1) is 32.8 Å². The molecular formula is C27H40N2O9. The Hall–Kier alpha value is -2.60. The van der Waals surface area contributed by atoms with E-state index in [9.17, 15) is 19.8 Å². The Morgan fingerprint density at radius 2 is 1.89 bits per heavy atom. The SMILES string of the molecule is CCCCN(CCCO)C(=O)CN1C[C@H](c2cc(OC)c3c(c2)OCO3)[C@@H](C(=O)O)[C@@H]1CCC1OCCO1. The van der Waals surface area contributed by atoms with Crippen molar-refractivity contribution >= 4 is 11.9 Å². The molecule has 1 aromatic rings. The van der Waals surface area contributed by atoms with E-state index in [4.69, 9.17) is 23.7 Å². The van der Waals surface area contributed by atoms with Crippen LogP contribution in [-0.2, 0) is 19.1 Å². The van der Waals surface area contributed by atoms with Crippen LogP contribution in [0.3, 0.4) is 0 Å². The topological polar surface area (TPSA) is 127 Å². The summed E-state index contributed by atoms with van der Waals surface area (Å²) in [7, 11) is 1.54. The number of hydrogen-bond acceptors (Lipinski definition) is 9. The number of hydrogen-bond donors (Lipinski definition) is 2. The highest BCUT2D eigenvalue weighted by Gasteiger charge is 2.48. The minimum Gasteiger partial charge on any atom is -0.493 e. The summed E-state index contributed by atoms with van der Waals surface area (Å²) in [5.74, 6) is -0.585. The Kier molecular flexibility index (Phi) is 10.1. The molecule has 1 amide bonds. The number of benzene rings is 1. The van der Waals surface area contributed by atoms with E-state index in [-0.39, 0.29) is 38.1 Å². The highest BCUT2D eigenvalue weighted by molar-refractivity contribution is 5.79. The molecule has 1 aromatic carbocycles. The maximum Gasteiger partial charge on any atom is 0.308 e. The molecule has 2 saturated heterocycles. The first-order valence-corrected chi connectivity index (χ1v) is 13.5. The lowest BCUT2D eigenvalue weighted by molar-refractivity contribution is -0.144. The van der Waals surface area contributed by atoms with Crippen molar-refractivity contribution in [3.05, 3.63) is 17.7 Å². The maximum absolute atomic E-state index is 13.4. The summed E-state index contributed by atoms with van der Waals surface area (Å²) in [6, 6.07) is 3.25. The Bertz CT molecular complexity index is 945. The van der Waals surface area contributed by atoms with E-state index in [2.05, 4.69) is 6.92 Å². The van der Waals surface area contributed by atoms with E-state index in [0.717, 1.165) is 18.4 Å². The second-order valence-electron chi connectivity index (χ2n) is 9.98. The van der Waals surface area contributed by atoms with E-state index in [1.54, 1.807) is 4.90 Å². The fraction of sp³-hybridized carbons (Fsp3) is 0.704. The fourth-order valence-corrected chi connectivity index (χ4v) is 5.68. The number of aliphatic hydroxyl groups excluding tert-OH is 1. The third-order valence-corrected chi connectivity index (χ3v) is 7.59. The minimum absolute atomic E-state index is 0.0126. The summed E-state index contributed by atoms with van der Waals surface area (Å²) in [4.78, 5) is 29.9. The van der Waals surface area contributed by atoms with E-state index < -0.39 is 17.9 Å². The number of carboxylic acid groups (broad SMARTS) is 1. The third-order valence-electron chi connectivity index (χ3n) is 7.59. The number of nitrogens with zero attached hydrogens (tertiary/aromatic N) is 2. The van der Waals surface area contributed by atoms with Gasteiger partial charge in [-0.05, 0) is 43.4 Å². The molecule has 0 spiro atoms. The molecule has 0 aromatic heterocycles. The number of amides is 1. The highest BCUT2D eigenvalue weighted by Crippen LogP contribution is 2.47. The predicted molar refractivity (Wildman–Crippen MR) is 136 cm³/mol. The van der Waals surface area contributed by atoms with Crippen molar-refractivity contribution in [2.75, 3.05) is 59.9 Å². The van der Waals surface area contributed by atoms with Crippen LogP contribution in [0.4, 0.5) is 0 Å². The number of fused-ring (bicyclic) bond motifs is 1. The monoisotopic (exact) mass is 536 g/mol. The zero-order valence-electron chi connectivity index (χ0n) is 22.3. The molecule has 2 N–H and O–H groups in total. The largest absolute Gasteiger partial charge is 0.493 e. The van der Waals surface area contributed by atoms with Crippen molar-refractivity contribution in [3.8, 4) is 17.2 Å². The molecule has 0 aliphatic carbocycles. The van der Waals surface area contributed by atoms with Crippen LogP contribution in [0, 0.1) is 5.92 Å². The van der Waals surface area contributed by atoms with Crippen LogP contribution >= 0.6 is 0 Å². The number of rotatable bonds is 14. The summed E-state index contributed by atoms with van der Waals surface area (Å²) in [6.45, 7) is 4.80. The molecule has 0 radical (unpaired) electrons. The standard InChI is InChI=1S/C27H40N2O9/c1-3-4-8-28(9-5-10-30)23(31)16-29-15-19(18-13-21(34-2)26-22(14-18)37-17-38-26)25(27(32)33)20(29)6-7-24-35-11-12-36-24/h13-14,19-20,24-25,30H,3-12,15-17H2,1-2H3,(H,32,33)/t19-,20+,25-/m1/s1. The smallest absolute Gasteiger partial charge is 0.308 e. The lowest BCUT2D eigenvalue weighted by atomic mass is 9.83. The van der Waals surface area contributed by atoms with Crippen LogP contribution in [0.2, 0.25) is 0 Å². The van der Waals surface area contributed by atoms with Gasteiger partial charge in [0.25, 0.3) is 0 Å². The highest BCUT2D eigenvalue weighted by atomic mass is 16.7. The van der Waals surface area contributed by atoms with Gasteiger partial charge >= 0.3 is 5.97 Å². The summed E-state index contributed by atoms with van der Waals surface area (Å²) < 4.78 is 27.9. The lowest BCUT2D eigenvalue weighted by Crippen LogP contribution is -2.45. The van der Waals surface area contributed by atoms with Gasteiger partial charge in [-0.15, -0.1) is 0 Å². The number of aliphatic hydroxyl groups is 1. The van der Waals surface area contributed by atoms with Gasteiger partial charge in [-0.25, -0.2) is 0 Å². The zero-order chi connectivity index (χ0) is 27.1. The Morgan fingerprint density at radius 3 is 2.58 bits per heavy atom.